The molecule has 0 aromatic heterocycles. The van der Waals surface area contributed by atoms with Gasteiger partial charge in [-0.15, -0.1) is 0 Å². The fraction of sp³-hybridized carbons (Fsp3) is 0.947. The van der Waals surface area contributed by atoms with Crippen LogP contribution in [0.4, 0.5) is 0 Å². The Balaban J connectivity index is 3.14. The number of carbonyl (C=O) groups is 1. The van der Waals surface area contributed by atoms with E-state index >= 15 is 0 Å². The van der Waals surface area contributed by atoms with Crippen molar-refractivity contribution < 1.29 is 24.9 Å². The molecule has 24 heavy (non-hydrogen) atoms. The molecule has 0 unspecified atom stereocenters. The maximum absolute atomic E-state index is 11.1. The zero-order chi connectivity index (χ0) is 18.1. The molecular formula is C19H38O5. The van der Waals surface area contributed by atoms with Gasteiger partial charge in [-0.3, -0.25) is 4.79 Å². The van der Waals surface area contributed by atoms with Crippen LogP contribution in [0.3, 0.4) is 0 Å². The molecule has 0 heterocycles. The Bertz CT molecular complexity index is 286. The summed E-state index contributed by atoms with van der Waals surface area (Å²) in [6.07, 6.45) is 15.4. The number of ether oxygens (including phenoxy) is 1. The summed E-state index contributed by atoms with van der Waals surface area (Å²) in [7, 11) is 0. The van der Waals surface area contributed by atoms with E-state index in [1.165, 1.54) is 77.0 Å². The Hall–Kier alpha value is -0.650. The van der Waals surface area contributed by atoms with Crippen LogP contribution in [0, 0.1) is 0 Å². The summed E-state index contributed by atoms with van der Waals surface area (Å²) in [5, 5.41) is 25.4. The van der Waals surface area contributed by atoms with Crippen molar-refractivity contribution in [2.45, 2.75) is 116 Å². The maximum atomic E-state index is 11.1. The van der Waals surface area contributed by atoms with E-state index in [4.69, 9.17) is 15.3 Å². The molecule has 0 aromatic rings. The van der Waals surface area contributed by atoms with Crippen LogP contribution < -0.4 is 0 Å². The van der Waals surface area contributed by atoms with Gasteiger partial charge in [-0.2, -0.15) is 0 Å². The minimum atomic E-state index is -3.34. The lowest BCUT2D eigenvalue weighted by Crippen LogP contribution is -2.33. The molecule has 0 saturated carbocycles. The molecule has 0 rings (SSSR count). The molecule has 0 radical (unpaired) electrons. The molecular weight excluding hydrogens is 308 g/mol. The monoisotopic (exact) mass is 346 g/mol. The van der Waals surface area contributed by atoms with E-state index in [0.717, 1.165) is 12.8 Å². The molecule has 144 valence electrons. The third-order valence-corrected chi connectivity index (χ3v) is 4.24. The predicted octanol–water partition coefficient (Wildman–Crippen LogP) is 4.38. The lowest BCUT2D eigenvalue weighted by Gasteiger charge is -2.13. The normalized spacial score (nSPS) is 11.7. The molecule has 0 aliphatic heterocycles. The summed E-state index contributed by atoms with van der Waals surface area (Å²) >= 11 is 0. The maximum Gasteiger partial charge on any atom is 0.455 e. The number of esters is 1. The van der Waals surface area contributed by atoms with Crippen LogP contribution in [-0.2, 0) is 9.53 Å². The number of rotatable bonds is 17. The molecule has 5 heteroatoms. The molecule has 0 aromatic carbocycles. The van der Waals surface area contributed by atoms with Gasteiger partial charge < -0.3 is 20.1 Å². The zero-order valence-corrected chi connectivity index (χ0v) is 15.5. The van der Waals surface area contributed by atoms with E-state index in [9.17, 15) is 4.79 Å². The zero-order valence-electron chi connectivity index (χ0n) is 15.5. The van der Waals surface area contributed by atoms with E-state index < -0.39 is 12.1 Å². The Morgan fingerprint density at radius 2 is 1.00 bits per heavy atom. The number of hydrogen-bond acceptors (Lipinski definition) is 5. The van der Waals surface area contributed by atoms with Crippen molar-refractivity contribution in [3.63, 3.8) is 0 Å². The van der Waals surface area contributed by atoms with E-state index in [1.54, 1.807) is 0 Å². The third-order valence-electron chi connectivity index (χ3n) is 4.24. The lowest BCUT2D eigenvalue weighted by molar-refractivity contribution is -0.435. The molecule has 0 aliphatic carbocycles. The number of hydrogen-bond donors (Lipinski definition) is 3. The second kappa shape index (κ2) is 15.9. The molecule has 0 saturated heterocycles. The highest BCUT2D eigenvalue weighted by Gasteiger charge is 2.23. The van der Waals surface area contributed by atoms with Crippen LogP contribution in [0.1, 0.15) is 110 Å². The molecule has 5 nitrogen and oxygen atoms in total. The smallest absolute Gasteiger partial charge is 0.384 e. The van der Waals surface area contributed by atoms with Gasteiger partial charge in [0.1, 0.15) is 0 Å². The van der Waals surface area contributed by atoms with Crippen LogP contribution in [-0.4, -0.2) is 27.4 Å². The highest BCUT2D eigenvalue weighted by molar-refractivity contribution is 5.69. The highest BCUT2D eigenvalue weighted by atomic mass is 16.9. The van der Waals surface area contributed by atoms with Crippen LogP contribution in [0.15, 0.2) is 0 Å². The Morgan fingerprint density at radius 3 is 1.33 bits per heavy atom. The second-order valence-corrected chi connectivity index (χ2v) is 6.75. The summed E-state index contributed by atoms with van der Waals surface area (Å²) < 4.78 is 3.98. The topological polar surface area (TPSA) is 87.0 Å². The van der Waals surface area contributed by atoms with Crippen LogP contribution in [0.2, 0.25) is 0 Å². The first kappa shape index (κ1) is 23.4. The first-order chi connectivity index (χ1) is 11.5. The quantitative estimate of drug-likeness (QED) is 0.207. The van der Waals surface area contributed by atoms with Gasteiger partial charge in [-0.1, -0.05) is 96.8 Å². The first-order valence-electron chi connectivity index (χ1n) is 9.84. The van der Waals surface area contributed by atoms with Gasteiger partial charge in [0, 0.05) is 6.42 Å². The molecule has 0 fully saturated rings. The fourth-order valence-corrected chi connectivity index (χ4v) is 2.84. The Labute approximate surface area is 147 Å². The molecule has 0 atom stereocenters. The summed E-state index contributed by atoms with van der Waals surface area (Å²) in [4.78, 5) is 11.1. The fourth-order valence-electron chi connectivity index (χ4n) is 2.84. The van der Waals surface area contributed by atoms with Gasteiger partial charge in [-0.05, 0) is 6.42 Å². The van der Waals surface area contributed by atoms with E-state index in [2.05, 4.69) is 11.7 Å². The van der Waals surface area contributed by atoms with Crippen molar-refractivity contribution in [3.8, 4) is 0 Å². The molecule has 0 spiro atoms. The molecule has 0 bridgehead atoms. The Morgan fingerprint density at radius 1 is 0.667 bits per heavy atom. The predicted molar refractivity (Wildman–Crippen MR) is 95.0 cm³/mol. The van der Waals surface area contributed by atoms with Crippen molar-refractivity contribution in [3.05, 3.63) is 0 Å². The highest BCUT2D eigenvalue weighted by Crippen LogP contribution is 2.14. The van der Waals surface area contributed by atoms with Gasteiger partial charge in [0.2, 0.25) is 0 Å². The van der Waals surface area contributed by atoms with Crippen molar-refractivity contribution in [1.82, 2.24) is 0 Å². The summed E-state index contributed by atoms with van der Waals surface area (Å²) in [5.41, 5.74) is 0. The first-order valence-corrected chi connectivity index (χ1v) is 9.84. The minimum Gasteiger partial charge on any atom is -0.384 e. The number of carbonyl (C=O) groups excluding carboxylic acids is 1. The van der Waals surface area contributed by atoms with Gasteiger partial charge in [0.15, 0.2) is 0 Å². The SMILES string of the molecule is CCCCCCCCCCCCCCCCCC(=O)OC(O)(O)O. The van der Waals surface area contributed by atoms with Crippen molar-refractivity contribution in [1.29, 1.82) is 0 Å². The summed E-state index contributed by atoms with van der Waals surface area (Å²) in [6, 6.07) is 0. The lowest BCUT2D eigenvalue weighted by atomic mass is 10.0. The van der Waals surface area contributed by atoms with E-state index in [0.29, 0.717) is 6.42 Å². The minimum absolute atomic E-state index is 0.0989. The molecule has 0 amide bonds. The third kappa shape index (κ3) is 19.4. The average Bonchev–Trinajstić information content (AvgIpc) is 2.49. The largest absolute Gasteiger partial charge is 0.455 e. The van der Waals surface area contributed by atoms with Crippen molar-refractivity contribution in [2.24, 2.45) is 0 Å². The van der Waals surface area contributed by atoms with Crippen LogP contribution >= 0.6 is 0 Å². The van der Waals surface area contributed by atoms with E-state index in [1.807, 2.05) is 0 Å². The van der Waals surface area contributed by atoms with Crippen LogP contribution in [0.5, 0.6) is 0 Å². The molecule has 0 aliphatic rings. The van der Waals surface area contributed by atoms with Crippen molar-refractivity contribution >= 4 is 5.97 Å². The van der Waals surface area contributed by atoms with Gasteiger partial charge >= 0.3 is 12.1 Å². The van der Waals surface area contributed by atoms with E-state index in [-0.39, 0.29) is 6.42 Å². The summed E-state index contributed by atoms with van der Waals surface area (Å²) in [5.74, 6) is -0.794. The molecule has 3 N–H and O–H groups in total. The standard InChI is InChI=1S/C19H38O5/c1-2-3-4-5-6-7-8-9-10-11-12-13-14-15-16-17-18(20)24-19(21,22)23/h21-23H,2-17H2,1H3. The van der Waals surface area contributed by atoms with Gasteiger partial charge in [-0.25, -0.2) is 0 Å². The van der Waals surface area contributed by atoms with Gasteiger partial charge in [0.25, 0.3) is 0 Å². The Kier molecular flexibility index (Phi) is 15.4. The van der Waals surface area contributed by atoms with Crippen LogP contribution in [0.25, 0.3) is 0 Å². The van der Waals surface area contributed by atoms with Crippen molar-refractivity contribution in [2.75, 3.05) is 0 Å². The number of aliphatic hydroxyl groups is 3. The average molecular weight is 347 g/mol. The second-order valence-electron chi connectivity index (χ2n) is 6.75. The summed E-state index contributed by atoms with van der Waals surface area (Å²) in [6.45, 7) is 2.25. The van der Waals surface area contributed by atoms with Gasteiger partial charge in [0.05, 0.1) is 0 Å². The number of unbranched alkanes of at least 4 members (excludes halogenated alkanes) is 14.